The second-order valence-electron chi connectivity index (χ2n) is 8.59. The molecule has 6 nitrogen and oxygen atoms in total. The van der Waals surface area contributed by atoms with Crippen molar-refractivity contribution in [2.24, 2.45) is 11.8 Å². The molecule has 7 heteroatoms. The summed E-state index contributed by atoms with van der Waals surface area (Å²) in [6, 6.07) is 8.47. The van der Waals surface area contributed by atoms with E-state index >= 15 is 0 Å². The Balaban J connectivity index is 1.52. The minimum Gasteiger partial charge on any atom is -0.371 e. The Hall–Kier alpha value is -1.60. The van der Waals surface area contributed by atoms with Gasteiger partial charge in [0.15, 0.2) is 0 Å². The summed E-state index contributed by atoms with van der Waals surface area (Å²) in [5, 5.41) is 3.12. The third kappa shape index (κ3) is 5.51. The van der Waals surface area contributed by atoms with Gasteiger partial charge in [-0.3, -0.25) is 4.79 Å². The fourth-order valence-corrected chi connectivity index (χ4v) is 5.52. The maximum Gasteiger partial charge on any atom is 0.223 e. The monoisotopic (exact) mass is 421 g/mol. The topological polar surface area (TPSA) is 69.7 Å². The van der Waals surface area contributed by atoms with E-state index in [4.69, 9.17) is 0 Å². The Bertz CT molecular complexity index is 786. The number of benzene rings is 1. The van der Waals surface area contributed by atoms with E-state index in [1.165, 1.54) is 22.8 Å². The summed E-state index contributed by atoms with van der Waals surface area (Å²) in [5.74, 6) is 0.767. The van der Waals surface area contributed by atoms with Gasteiger partial charge in [-0.25, -0.2) is 12.7 Å². The molecular formula is C22H35N3O3S. The number of hydrogen-bond donors (Lipinski definition) is 1. The van der Waals surface area contributed by atoms with Crippen molar-refractivity contribution in [3.05, 3.63) is 29.8 Å². The van der Waals surface area contributed by atoms with Gasteiger partial charge in [-0.05, 0) is 63.1 Å². The second-order valence-corrected chi connectivity index (χ2v) is 10.8. The molecule has 0 bridgehead atoms. The maximum absolute atomic E-state index is 12.7. The van der Waals surface area contributed by atoms with Crippen LogP contribution in [0.5, 0.6) is 0 Å². The molecule has 0 spiro atoms. The van der Waals surface area contributed by atoms with E-state index in [9.17, 15) is 13.2 Å². The van der Waals surface area contributed by atoms with Crippen LogP contribution >= 0.6 is 0 Å². The fourth-order valence-electron chi connectivity index (χ4n) is 4.39. The van der Waals surface area contributed by atoms with Gasteiger partial charge >= 0.3 is 0 Å². The Morgan fingerprint density at radius 3 is 2.38 bits per heavy atom. The molecule has 1 amide bonds. The van der Waals surface area contributed by atoms with Crippen LogP contribution in [0.25, 0.3) is 0 Å². The van der Waals surface area contributed by atoms with Crippen LogP contribution in [-0.4, -0.2) is 50.6 Å². The lowest BCUT2D eigenvalue weighted by Crippen LogP contribution is -2.43. The van der Waals surface area contributed by atoms with Crippen molar-refractivity contribution >= 4 is 21.6 Å². The van der Waals surface area contributed by atoms with E-state index in [-0.39, 0.29) is 23.6 Å². The van der Waals surface area contributed by atoms with Crippen LogP contribution in [0.3, 0.4) is 0 Å². The van der Waals surface area contributed by atoms with Gasteiger partial charge in [-0.1, -0.05) is 19.1 Å². The molecule has 2 heterocycles. The Kier molecular flexibility index (Phi) is 7.22. The molecule has 0 aliphatic carbocycles. The number of amides is 1. The van der Waals surface area contributed by atoms with Gasteiger partial charge in [0.2, 0.25) is 15.9 Å². The van der Waals surface area contributed by atoms with Gasteiger partial charge in [0.25, 0.3) is 0 Å². The molecule has 2 aliphatic heterocycles. The highest BCUT2D eigenvalue weighted by Crippen LogP contribution is 2.25. The Morgan fingerprint density at radius 1 is 1.14 bits per heavy atom. The van der Waals surface area contributed by atoms with E-state index in [2.05, 4.69) is 41.4 Å². The van der Waals surface area contributed by atoms with Crippen molar-refractivity contribution in [1.82, 2.24) is 9.62 Å². The first-order chi connectivity index (χ1) is 13.8. The first-order valence-corrected chi connectivity index (χ1v) is 12.5. The van der Waals surface area contributed by atoms with E-state index in [0.29, 0.717) is 25.9 Å². The predicted molar refractivity (Wildman–Crippen MR) is 117 cm³/mol. The molecule has 29 heavy (non-hydrogen) atoms. The molecule has 1 aromatic rings. The van der Waals surface area contributed by atoms with Crippen molar-refractivity contribution in [3.8, 4) is 0 Å². The van der Waals surface area contributed by atoms with E-state index in [1.54, 1.807) is 6.92 Å². The smallest absolute Gasteiger partial charge is 0.223 e. The number of carbonyl (C=O) groups excluding carboxylic acids is 1. The Morgan fingerprint density at radius 2 is 1.79 bits per heavy atom. The number of sulfonamides is 1. The average Bonchev–Trinajstić information content (AvgIpc) is 2.74. The fraction of sp³-hybridized carbons (Fsp3) is 0.682. The molecule has 1 N–H and O–H groups in total. The number of piperidine rings is 2. The van der Waals surface area contributed by atoms with Crippen LogP contribution < -0.4 is 10.2 Å². The highest BCUT2D eigenvalue weighted by Gasteiger charge is 2.30. The zero-order valence-corrected chi connectivity index (χ0v) is 18.7. The van der Waals surface area contributed by atoms with Crippen LogP contribution in [0.4, 0.5) is 5.69 Å². The summed E-state index contributed by atoms with van der Waals surface area (Å²) >= 11 is 0. The minimum atomic E-state index is -3.16. The lowest BCUT2D eigenvalue weighted by atomic mass is 9.96. The van der Waals surface area contributed by atoms with Gasteiger partial charge in [0.05, 0.1) is 11.8 Å². The van der Waals surface area contributed by atoms with E-state index < -0.39 is 10.0 Å². The van der Waals surface area contributed by atoms with Crippen molar-refractivity contribution in [2.45, 2.75) is 52.5 Å². The van der Waals surface area contributed by atoms with Crippen molar-refractivity contribution in [2.75, 3.05) is 36.8 Å². The lowest BCUT2D eigenvalue weighted by molar-refractivity contribution is -0.126. The third-order valence-corrected chi connectivity index (χ3v) is 8.24. The molecule has 0 aromatic heterocycles. The SMILES string of the molecule is CCS(=O)(=O)N1CCC(C(=O)N[C@H](C)c2ccc(N3CCC[C@@H](C)C3)cc2)CC1. The second kappa shape index (κ2) is 9.47. The zero-order chi connectivity index (χ0) is 21.0. The van der Waals surface area contributed by atoms with Crippen LogP contribution in [0.1, 0.15) is 58.1 Å². The quantitative estimate of drug-likeness (QED) is 0.766. The molecule has 0 unspecified atom stereocenters. The number of carbonyl (C=O) groups is 1. The summed E-state index contributed by atoms with van der Waals surface area (Å²) < 4.78 is 25.5. The molecule has 2 atom stereocenters. The number of nitrogens with one attached hydrogen (secondary N) is 1. The van der Waals surface area contributed by atoms with Crippen molar-refractivity contribution < 1.29 is 13.2 Å². The Labute approximate surface area is 175 Å². The van der Waals surface area contributed by atoms with Crippen LogP contribution in [0.15, 0.2) is 24.3 Å². The zero-order valence-electron chi connectivity index (χ0n) is 17.9. The molecule has 2 saturated heterocycles. The average molecular weight is 422 g/mol. The summed E-state index contributed by atoms with van der Waals surface area (Å²) in [7, 11) is -3.16. The standard InChI is InChI=1S/C22H35N3O3S/c1-4-29(27,28)25-14-11-20(12-15-25)22(26)23-18(3)19-7-9-21(10-8-19)24-13-5-6-17(2)16-24/h7-10,17-18,20H,4-6,11-16H2,1-3H3,(H,23,26)/t17-,18-/m1/s1. The molecule has 2 aliphatic rings. The minimum absolute atomic E-state index is 0.0278. The van der Waals surface area contributed by atoms with Crippen LogP contribution in [-0.2, 0) is 14.8 Å². The number of nitrogens with zero attached hydrogens (tertiary/aromatic N) is 2. The molecule has 162 valence electrons. The number of hydrogen-bond acceptors (Lipinski definition) is 4. The van der Waals surface area contributed by atoms with Gasteiger partial charge in [0.1, 0.15) is 0 Å². The van der Waals surface area contributed by atoms with Gasteiger partial charge in [-0.2, -0.15) is 0 Å². The largest absolute Gasteiger partial charge is 0.371 e. The molecule has 3 rings (SSSR count). The molecular weight excluding hydrogens is 386 g/mol. The summed E-state index contributed by atoms with van der Waals surface area (Å²) in [6.45, 7) is 9.07. The number of anilines is 1. The lowest BCUT2D eigenvalue weighted by Gasteiger charge is -2.33. The third-order valence-electron chi connectivity index (χ3n) is 6.36. The van der Waals surface area contributed by atoms with Gasteiger partial charge in [0, 0.05) is 37.8 Å². The molecule has 2 fully saturated rings. The molecule has 1 aromatic carbocycles. The van der Waals surface area contributed by atoms with E-state index in [0.717, 1.165) is 24.6 Å². The maximum atomic E-state index is 12.7. The van der Waals surface area contributed by atoms with Gasteiger partial charge in [-0.15, -0.1) is 0 Å². The van der Waals surface area contributed by atoms with Crippen molar-refractivity contribution in [3.63, 3.8) is 0 Å². The summed E-state index contributed by atoms with van der Waals surface area (Å²) in [6.07, 6.45) is 3.72. The summed E-state index contributed by atoms with van der Waals surface area (Å²) in [4.78, 5) is 15.1. The molecule has 0 saturated carbocycles. The predicted octanol–water partition coefficient (Wildman–Crippen LogP) is 3.16. The van der Waals surface area contributed by atoms with Crippen molar-refractivity contribution in [1.29, 1.82) is 0 Å². The normalized spacial score (nSPS) is 23.0. The first-order valence-electron chi connectivity index (χ1n) is 10.9. The number of rotatable bonds is 6. The summed E-state index contributed by atoms with van der Waals surface area (Å²) in [5.41, 5.74) is 2.35. The highest BCUT2D eigenvalue weighted by atomic mass is 32.2. The molecule has 0 radical (unpaired) electrons. The highest BCUT2D eigenvalue weighted by molar-refractivity contribution is 7.89. The first kappa shape index (κ1) is 22.1. The van der Waals surface area contributed by atoms with Crippen LogP contribution in [0, 0.1) is 11.8 Å². The van der Waals surface area contributed by atoms with Crippen LogP contribution in [0.2, 0.25) is 0 Å². The van der Waals surface area contributed by atoms with Gasteiger partial charge < -0.3 is 10.2 Å². The van der Waals surface area contributed by atoms with E-state index in [1.807, 2.05) is 6.92 Å².